The lowest BCUT2D eigenvalue weighted by Crippen LogP contribution is -2.27. The average Bonchev–Trinajstić information content (AvgIpc) is 2.87. The van der Waals surface area contributed by atoms with Gasteiger partial charge in [0.05, 0.1) is 13.0 Å². The number of rotatable bonds is 3. The minimum Gasteiger partial charge on any atom is -0.497 e. The molecular weight excluding hydrogens is 270 g/mol. The van der Waals surface area contributed by atoms with E-state index >= 15 is 0 Å². The number of H-pyrrole nitrogens is 1. The van der Waals surface area contributed by atoms with E-state index in [0.29, 0.717) is 17.1 Å². The second-order valence-electron chi connectivity index (χ2n) is 5.01. The van der Waals surface area contributed by atoms with Crippen LogP contribution in [0.5, 0.6) is 5.75 Å². The number of methoxy groups -OCH3 is 1. The number of hydrogen-bond donors (Lipinski definition) is 2. The van der Waals surface area contributed by atoms with Crippen LogP contribution in [0.2, 0.25) is 0 Å². The molecule has 0 bridgehead atoms. The second-order valence-corrected chi connectivity index (χ2v) is 5.01. The Bertz CT molecular complexity index is 703. The van der Waals surface area contributed by atoms with Crippen molar-refractivity contribution < 1.29 is 14.3 Å². The first-order chi connectivity index (χ1) is 10.1. The van der Waals surface area contributed by atoms with Crippen LogP contribution in [-0.2, 0) is 4.79 Å². The maximum Gasteiger partial charge on any atom is 0.226 e. The van der Waals surface area contributed by atoms with Gasteiger partial charge in [0.25, 0.3) is 0 Å². The van der Waals surface area contributed by atoms with E-state index in [0.717, 1.165) is 11.3 Å². The molecule has 2 aromatic rings. The van der Waals surface area contributed by atoms with Crippen LogP contribution in [0.25, 0.3) is 0 Å². The fourth-order valence-electron chi connectivity index (χ4n) is 2.61. The van der Waals surface area contributed by atoms with Crippen molar-refractivity contribution in [2.75, 3.05) is 12.4 Å². The molecule has 21 heavy (non-hydrogen) atoms. The van der Waals surface area contributed by atoms with Crippen LogP contribution < -0.4 is 10.1 Å². The van der Waals surface area contributed by atoms with E-state index in [1.165, 1.54) is 0 Å². The Kier molecular flexibility index (Phi) is 3.21. The van der Waals surface area contributed by atoms with E-state index in [1.54, 1.807) is 31.4 Å². The molecule has 0 saturated carbocycles. The molecule has 1 unspecified atom stereocenters. The predicted octanol–water partition coefficient (Wildman–Crippen LogP) is 2.04. The number of aromatic amines is 1. The highest BCUT2D eigenvalue weighted by atomic mass is 16.5. The number of fused-ring (bicyclic) bond motifs is 1. The molecule has 3 rings (SSSR count). The summed E-state index contributed by atoms with van der Waals surface area (Å²) in [6, 6.07) is 6.89. The van der Waals surface area contributed by atoms with Crippen LogP contribution in [0, 0.1) is 6.92 Å². The number of amides is 1. The molecule has 1 aromatic heterocycles. The highest BCUT2D eigenvalue weighted by Crippen LogP contribution is 2.35. The fourth-order valence-corrected chi connectivity index (χ4v) is 2.61. The minimum atomic E-state index is -0.499. The number of aryl methyl sites for hydroxylation is 1. The predicted molar refractivity (Wildman–Crippen MR) is 76.6 cm³/mol. The third-order valence-electron chi connectivity index (χ3n) is 3.68. The lowest BCUT2D eigenvalue weighted by Gasteiger charge is -2.21. The van der Waals surface area contributed by atoms with Crippen molar-refractivity contribution in [3.63, 3.8) is 0 Å². The highest BCUT2D eigenvalue weighted by molar-refractivity contribution is 6.07. The number of aromatic nitrogens is 2. The summed E-state index contributed by atoms with van der Waals surface area (Å²) in [6.07, 6.45) is 0.137. The van der Waals surface area contributed by atoms with Gasteiger partial charge >= 0.3 is 0 Å². The van der Waals surface area contributed by atoms with Gasteiger partial charge in [-0.15, -0.1) is 0 Å². The maximum absolute atomic E-state index is 12.7. The van der Waals surface area contributed by atoms with Gasteiger partial charge in [0.2, 0.25) is 5.91 Å². The van der Waals surface area contributed by atoms with Gasteiger partial charge in [-0.3, -0.25) is 14.7 Å². The lowest BCUT2D eigenvalue weighted by molar-refractivity contribution is -0.116. The molecule has 1 aromatic carbocycles. The van der Waals surface area contributed by atoms with Crippen molar-refractivity contribution in [1.29, 1.82) is 0 Å². The SMILES string of the molecule is COc1ccc(C(=O)C2CC(=O)Nc3n[nH]c(C)c32)cc1. The number of ketones is 1. The molecule has 0 saturated heterocycles. The van der Waals surface area contributed by atoms with E-state index in [4.69, 9.17) is 4.74 Å². The quantitative estimate of drug-likeness (QED) is 0.845. The number of anilines is 1. The van der Waals surface area contributed by atoms with Crippen LogP contribution >= 0.6 is 0 Å². The molecule has 1 aliphatic heterocycles. The Morgan fingerprint density at radius 3 is 2.71 bits per heavy atom. The lowest BCUT2D eigenvalue weighted by atomic mass is 9.85. The molecule has 6 heteroatoms. The van der Waals surface area contributed by atoms with Gasteiger partial charge in [0.15, 0.2) is 11.6 Å². The molecule has 0 radical (unpaired) electrons. The van der Waals surface area contributed by atoms with Crippen LogP contribution in [0.15, 0.2) is 24.3 Å². The van der Waals surface area contributed by atoms with Crippen molar-refractivity contribution in [3.05, 3.63) is 41.1 Å². The van der Waals surface area contributed by atoms with Crippen molar-refractivity contribution in [2.24, 2.45) is 0 Å². The summed E-state index contributed by atoms with van der Waals surface area (Å²) in [6.45, 7) is 1.84. The zero-order chi connectivity index (χ0) is 15.0. The molecule has 1 amide bonds. The number of benzene rings is 1. The van der Waals surface area contributed by atoms with Gasteiger partial charge < -0.3 is 10.1 Å². The van der Waals surface area contributed by atoms with E-state index in [1.807, 2.05) is 6.92 Å². The number of ether oxygens (including phenoxy) is 1. The van der Waals surface area contributed by atoms with Gasteiger partial charge in [-0.05, 0) is 31.2 Å². The summed E-state index contributed by atoms with van der Waals surface area (Å²) in [5.74, 6) is 0.365. The van der Waals surface area contributed by atoms with E-state index in [9.17, 15) is 9.59 Å². The topological polar surface area (TPSA) is 84.1 Å². The Labute approximate surface area is 121 Å². The van der Waals surface area contributed by atoms with Crippen LogP contribution in [0.1, 0.15) is 34.0 Å². The highest BCUT2D eigenvalue weighted by Gasteiger charge is 2.34. The van der Waals surface area contributed by atoms with Crippen molar-refractivity contribution in [2.45, 2.75) is 19.3 Å². The number of hydrogen-bond acceptors (Lipinski definition) is 4. The smallest absolute Gasteiger partial charge is 0.226 e. The largest absolute Gasteiger partial charge is 0.497 e. The summed E-state index contributed by atoms with van der Waals surface area (Å²) < 4.78 is 5.08. The molecule has 1 aliphatic rings. The van der Waals surface area contributed by atoms with Crippen molar-refractivity contribution >= 4 is 17.5 Å². The first-order valence-electron chi connectivity index (χ1n) is 6.63. The zero-order valence-electron chi connectivity index (χ0n) is 11.8. The number of nitrogens with one attached hydrogen (secondary N) is 2. The Morgan fingerprint density at radius 2 is 2.05 bits per heavy atom. The van der Waals surface area contributed by atoms with E-state index in [-0.39, 0.29) is 18.1 Å². The van der Waals surface area contributed by atoms with Crippen LogP contribution in [0.4, 0.5) is 5.82 Å². The number of carbonyl (C=O) groups is 2. The number of Topliss-reactive ketones (excluding diaryl/α,β-unsaturated/α-hetero) is 1. The van der Waals surface area contributed by atoms with Gasteiger partial charge in [-0.2, -0.15) is 5.10 Å². The summed E-state index contributed by atoms with van der Waals surface area (Å²) in [4.78, 5) is 24.4. The zero-order valence-corrected chi connectivity index (χ0v) is 11.8. The van der Waals surface area contributed by atoms with Crippen LogP contribution in [-0.4, -0.2) is 29.0 Å². The Hall–Kier alpha value is -2.63. The molecule has 0 aliphatic carbocycles. The fraction of sp³-hybridized carbons (Fsp3) is 0.267. The molecular formula is C15H15N3O3. The second kappa shape index (κ2) is 5.05. The molecule has 6 nitrogen and oxygen atoms in total. The molecule has 0 fully saturated rings. The minimum absolute atomic E-state index is 0.0850. The van der Waals surface area contributed by atoms with Crippen molar-refractivity contribution in [1.82, 2.24) is 10.2 Å². The molecule has 108 valence electrons. The Morgan fingerprint density at radius 1 is 1.33 bits per heavy atom. The van der Waals surface area contributed by atoms with E-state index in [2.05, 4.69) is 15.5 Å². The third-order valence-corrected chi connectivity index (χ3v) is 3.68. The monoisotopic (exact) mass is 285 g/mol. The number of carbonyl (C=O) groups excluding carboxylic acids is 2. The third kappa shape index (κ3) is 2.29. The summed E-state index contributed by atoms with van der Waals surface area (Å²) in [5.41, 5.74) is 2.13. The average molecular weight is 285 g/mol. The molecule has 0 spiro atoms. The summed E-state index contributed by atoms with van der Waals surface area (Å²) in [7, 11) is 1.57. The maximum atomic E-state index is 12.7. The van der Waals surface area contributed by atoms with E-state index < -0.39 is 5.92 Å². The van der Waals surface area contributed by atoms with Gasteiger partial charge in [-0.1, -0.05) is 0 Å². The molecule has 2 N–H and O–H groups in total. The summed E-state index contributed by atoms with van der Waals surface area (Å²) >= 11 is 0. The van der Waals surface area contributed by atoms with Gasteiger partial charge in [-0.25, -0.2) is 0 Å². The number of nitrogens with zero attached hydrogens (tertiary/aromatic N) is 1. The molecule has 1 atom stereocenters. The summed E-state index contributed by atoms with van der Waals surface area (Å²) in [5, 5.41) is 9.53. The molecule has 2 heterocycles. The van der Waals surface area contributed by atoms with Gasteiger partial charge in [0, 0.05) is 23.2 Å². The van der Waals surface area contributed by atoms with Crippen LogP contribution in [0.3, 0.4) is 0 Å². The van der Waals surface area contributed by atoms with Gasteiger partial charge in [0.1, 0.15) is 5.75 Å². The Balaban J connectivity index is 1.97. The van der Waals surface area contributed by atoms with Crippen molar-refractivity contribution in [3.8, 4) is 5.75 Å². The first-order valence-corrected chi connectivity index (χ1v) is 6.63. The normalized spacial score (nSPS) is 17.0. The standard InChI is InChI=1S/C15H15N3O3/c1-8-13-11(7-12(19)16-15(13)18-17-8)14(20)9-3-5-10(21-2)6-4-9/h3-6,11H,7H2,1-2H3,(H2,16,17,18,19). The first kappa shape index (κ1) is 13.4.